The van der Waals surface area contributed by atoms with Crippen LogP contribution in [0.3, 0.4) is 0 Å². The summed E-state index contributed by atoms with van der Waals surface area (Å²) in [6.07, 6.45) is 0. The molecule has 0 bridgehead atoms. The molecule has 1 fully saturated rings. The predicted molar refractivity (Wildman–Crippen MR) is 137 cm³/mol. The van der Waals surface area contributed by atoms with Gasteiger partial charge in [-0.1, -0.05) is 36.4 Å². The number of fused-ring (bicyclic) bond motifs is 1. The molecule has 2 aromatic carbocycles. The van der Waals surface area contributed by atoms with E-state index in [4.69, 9.17) is 19.8 Å². The number of carboxylic acid groups (broad SMARTS) is 2. The van der Waals surface area contributed by atoms with E-state index >= 15 is 0 Å². The van der Waals surface area contributed by atoms with Gasteiger partial charge in [0.25, 0.3) is 11.8 Å². The summed E-state index contributed by atoms with van der Waals surface area (Å²) in [5.41, 5.74) is 2.18. The highest BCUT2D eigenvalue weighted by molar-refractivity contribution is 6.27. The number of para-hydroxylation sites is 1. The number of benzene rings is 2. The van der Waals surface area contributed by atoms with Crippen molar-refractivity contribution < 1.29 is 29.4 Å². The molecule has 1 aliphatic rings. The number of nitrogens with zero attached hydrogens (tertiary/aromatic N) is 4. The topological polar surface area (TPSA) is 145 Å². The molecule has 0 unspecified atom stereocenters. The van der Waals surface area contributed by atoms with Gasteiger partial charge in [-0.05, 0) is 32.0 Å². The minimum atomic E-state index is -1.82. The minimum Gasteiger partial charge on any atom is -0.473 e. The van der Waals surface area contributed by atoms with Crippen LogP contribution >= 0.6 is 0 Å². The molecule has 11 heteroatoms. The Kier molecular flexibility index (Phi) is 9.33. The van der Waals surface area contributed by atoms with Crippen molar-refractivity contribution in [2.75, 3.05) is 39.3 Å². The highest BCUT2D eigenvalue weighted by Gasteiger charge is 2.22. The summed E-state index contributed by atoms with van der Waals surface area (Å²) in [5.74, 6) is -3.71. The molecule has 1 aromatic heterocycles. The van der Waals surface area contributed by atoms with E-state index in [0.29, 0.717) is 25.3 Å². The number of hydrogen-bond acceptors (Lipinski definition) is 6. The van der Waals surface area contributed by atoms with Crippen molar-refractivity contribution >= 4 is 34.7 Å². The summed E-state index contributed by atoms with van der Waals surface area (Å²) in [6, 6.07) is 17.4. The molecule has 1 saturated heterocycles. The number of rotatable bonds is 6. The number of carbonyl (C=O) groups excluding carboxylic acids is 2. The summed E-state index contributed by atoms with van der Waals surface area (Å²) >= 11 is 0. The Morgan fingerprint density at radius 2 is 1.49 bits per heavy atom. The third-order valence-corrected chi connectivity index (χ3v) is 5.89. The summed E-state index contributed by atoms with van der Waals surface area (Å²) in [7, 11) is 0. The lowest BCUT2D eigenvalue weighted by Gasteiger charge is -2.34. The SMILES string of the molecule is CC(C)n1nc(C(=O)NCCN2CCN(C(=O)c3ccccc3)CC2)c2ccccc21.O=C(O)C(=O)O. The average molecular weight is 510 g/mol. The van der Waals surface area contributed by atoms with E-state index in [1.807, 2.05) is 64.2 Å². The van der Waals surface area contributed by atoms with E-state index in [1.165, 1.54) is 0 Å². The van der Waals surface area contributed by atoms with Gasteiger partial charge in [-0.2, -0.15) is 5.10 Å². The van der Waals surface area contributed by atoms with E-state index in [2.05, 4.69) is 29.2 Å². The van der Waals surface area contributed by atoms with Gasteiger partial charge in [-0.25, -0.2) is 9.59 Å². The van der Waals surface area contributed by atoms with Crippen molar-refractivity contribution in [2.45, 2.75) is 19.9 Å². The van der Waals surface area contributed by atoms with Crippen molar-refractivity contribution in [3.8, 4) is 0 Å². The predicted octanol–water partition coefficient (Wildman–Crippen LogP) is 1.96. The van der Waals surface area contributed by atoms with Crippen molar-refractivity contribution in [1.82, 2.24) is 24.9 Å². The number of piperazine rings is 1. The molecular formula is C26H31N5O6. The van der Waals surface area contributed by atoms with Gasteiger partial charge < -0.3 is 20.4 Å². The molecule has 0 atom stereocenters. The molecule has 0 saturated carbocycles. The van der Waals surface area contributed by atoms with E-state index in [0.717, 1.165) is 36.1 Å². The third-order valence-electron chi connectivity index (χ3n) is 5.89. The zero-order chi connectivity index (χ0) is 26.9. The van der Waals surface area contributed by atoms with Gasteiger partial charge in [-0.3, -0.25) is 19.2 Å². The van der Waals surface area contributed by atoms with E-state index in [9.17, 15) is 9.59 Å². The van der Waals surface area contributed by atoms with E-state index in [-0.39, 0.29) is 17.9 Å². The summed E-state index contributed by atoms with van der Waals surface area (Å²) in [6.45, 7) is 8.43. The van der Waals surface area contributed by atoms with Crippen molar-refractivity contribution in [2.24, 2.45) is 0 Å². The average Bonchev–Trinajstić information content (AvgIpc) is 3.30. The second kappa shape index (κ2) is 12.6. The van der Waals surface area contributed by atoms with Crippen LogP contribution in [0.25, 0.3) is 10.9 Å². The lowest BCUT2D eigenvalue weighted by Crippen LogP contribution is -2.50. The molecule has 2 heterocycles. The van der Waals surface area contributed by atoms with Crippen molar-refractivity contribution in [3.05, 3.63) is 65.9 Å². The first-order valence-electron chi connectivity index (χ1n) is 12.0. The Morgan fingerprint density at radius 3 is 2.08 bits per heavy atom. The molecule has 37 heavy (non-hydrogen) atoms. The number of aliphatic carboxylic acids is 2. The second-order valence-electron chi connectivity index (χ2n) is 8.77. The van der Waals surface area contributed by atoms with Gasteiger partial charge in [0.15, 0.2) is 5.69 Å². The molecule has 3 N–H and O–H groups in total. The molecule has 1 aliphatic heterocycles. The summed E-state index contributed by atoms with van der Waals surface area (Å²) in [5, 5.41) is 23.2. The number of amides is 2. The van der Waals surface area contributed by atoms with Crippen LogP contribution in [-0.2, 0) is 9.59 Å². The molecule has 0 radical (unpaired) electrons. The zero-order valence-electron chi connectivity index (χ0n) is 20.8. The molecule has 2 amide bonds. The van der Waals surface area contributed by atoms with Crippen LogP contribution in [0.5, 0.6) is 0 Å². The van der Waals surface area contributed by atoms with Crippen molar-refractivity contribution in [1.29, 1.82) is 0 Å². The van der Waals surface area contributed by atoms with Crippen LogP contribution in [0.4, 0.5) is 0 Å². The summed E-state index contributed by atoms with van der Waals surface area (Å²) in [4.78, 5) is 47.7. The maximum Gasteiger partial charge on any atom is 0.414 e. The van der Waals surface area contributed by atoms with E-state index < -0.39 is 11.9 Å². The van der Waals surface area contributed by atoms with Gasteiger partial charge in [0.05, 0.1) is 5.52 Å². The largest absolute Gasteiger partial charge is 0.473 e. The molecule has 196 valence electrons. The van der Waals surface area contributed by atoms with E-state index in [1.54, 1.807) is 0 Å². The quantitative estimate of drug-likeness (QED) is 0.428. The van der Waals surface area contributed by atoms with Crippen LogP contribution in [-0.4, -0.2) is 92.8 Å². The lowest BCUT2D eigenvalue weighted by molar-refractivity contribution is -0.159. The van der Waals surface area contributed by atoms with Gasteiger partial charge in [0, 0.05) is 56.3 Å². The fourth-order valence-corrected chi connectivity index (χ4v) is 4.00. The number of nitrogens with one attached hydrogen (secondary N) is 1. The van der Waals surface area contributed by atoms with Gasteiger partial charge >= 0.3 is 11.9 Å². The molecule has 0 aliphatic carbocycles. The smallest absolute Gasteiger partial charge is 0.414 e. The Hall–Kier alpha value is -4.25. The van der Waals surface area contributed by atoms with Gasteiger partial charge in [-0.15, -0.1) is 0 Å². The Labute approximate surface area is 214 Å². The highest BCUT2D eigenvalue weighted by atomic mass is 16.4. The lowest BCUT2D eigenvalue weighted by atomic mass is 10.2. The number of aromatic nitrogens is 2. The fraction of sp³-hybridized carbons (Fsp3) is 0.346. The van der Waals surface area contributed by atoms with Crippen molar-refractivity contribution in [3.63, 3.8) is 0 Å². The molecule has 11 nitrogen and oxygen atoms in total. The molecule has 0 spiro atoms. The van der Waals surface area contributed by atoms with Gasteiger partial charge in [0.2, 0.25) is 0 Å². The summed E-state index contributed by atoms with van der Waals surface area (Å²) < 4.78 is 1.90. The monoisotopic (exact) mass is 509 g/mol. The normalized spacial score (nSPS) is 13.6. The van der Waals surface area contributed by atoms with Crippen LogP contribution in [0, 0.1) is 0 Å². The van der Waals surface area contributed by atoms with Gasteiger partial charge in [0.1, 0.15) is 0 Å². The fourth-order valence-electron chi connectivity index (χ4n) is 4.00. The first-order chi connectivity index (χ1) is 17.7. The molecular weight excluding hydrogens is 478 g/mol. The second-order valence-corrected chi connectivity index (χ2v) is 8.77. The molecule has 3 aromatic rings. The Balaban J connectivity index is 0.000000568. The first-order valence-corrected chi connectivity index (χ1v) is 12.0. The van der Waals surface area contributed by atoms with Crippen LogP contribution in [0.2, 0.25) is 0 Å². The Bertz CT molecular complexity index is 1240. The Morgan fingerprint density at radius 1 is 0.892 bits per heavy atom. The standard InChI is InChI=1S/C24H29N5O2.C2H2O4/c1-18(2)29-21-11-7-6-10-20(21)22(26-29)23(30)25-12-13-27-14-16-28(17-15-27)24(31)19-8-4-3-5-9-19;3-1(4)2(5)6/h3-11,18H,12-17H2,1-2H3,(H,25,30);(H,3,4)(H,5,6). The number of carbonyl (C=O) groups is 4. The molecule has 4 rings (SSSR count). The number of hydrogen-bond donors (Lipinski definition) is 3. The number of carboxylic acids is 2. The highest BCUT2D eigenvalue weighted by Crippen LogP contribution is 2.21. The maximum absolute atomic E-state index is 12.8. The zero-order valence-corrected chi connectivity index (χ0v) is 20.8. The van der Waals surface area contributed by atoms with Crippen LogP contribution in [0.15, 0.2) is 54.6 Å². The van der Waals surface area contributed by atoms with Crippen LogP contribution in [0.1, 0.15) is 40.7 Å². The maximum atomic E-state index is 12.8. The first kappa shape index (κ1) is 27.3. The third kappa shape index (κ3) is 7.14. The minimum absolute atomic E-state index is 0.0844. The van der Waals surface area contributed by atoms with Crippen LogP contribution < -0.4 is 5.32 Å².